The molecule has 0 saturated heterocycles. The molecule has 0 bridgehead atoms. The van der Waals surface area contributed by atoms with E-state index >= 15 is 0 Å². The number of hydrogen-bond donors (Lipinski definition) is 1. The number of hydrogen-bond acceptors (Lipinski definition) is 6. The molecule has 1 aliphatic rings. The molecule has 5 aromatic rings. The summed E-state index contributed by atoms with van der Waals surface area (Å²) in [6.07, 6.45) is 6.49. The van der Waals surface area contributed by atoms with Crippen molar-refractivity contribution in [3.8, 4) is 23.0 Å². The summed E-state index contributed by atoms with van der Waals surface area (Å²) in [5.74, 6) is 1.12. The van der Waals surface area contributed by atoms with Gasteiger partial charge in [-0.05, 0) is 56.2 Å². The van der Waals surface area contributed by atoms with Gasteiger partial charge in [0.1, 0.15) is 34.4 Å². The van der Waals surface area contributed by atoms with Crippen LogP contribution in [-0.4, -0.2) is 47.7 Å². The number of benzene rings is 1. The first-order valence-corrected chi connectivity index (χ1v) is 12.1. The van der Waals surface area contributed by atoms with Gasteiger partial charge < -0.3 is 14.5 Å². The Morgan fingerprint density at radius 3 is 2.70 bits per heavy atom. The molecule has 186 valence electrons. The Morgan fingerprint density at radius 2 is 1.95 bits per heavy atom. The van der Waals surface area contributed by atoms with Crippen molar-refractivity contribution < 1.29 is 13.9 Å². The van der Waals surface area contributed by atoms with E-state index in [4.69, 9.17) is 4.74 Å². The molecule has 0 unspecified atom stereocenters. The minimum absolute atomic E-state index is 0.00470. The van der Waals surface area contributed by atoms with Crippen LogP contribution in [0.4, 0.5) is 4.39 Å². The summed E-state index contributed by atoms with van der Waals surface area (Å²) in [6.45, 7) is 2.44. The SMILES string of the molecule is CCOc1ccc(-c2nnc(C3CC(NC(=O)c4cn5ccccc5n4)C3)n2-c2ccccc2F)nc1. The van der Waals surface area contributed by atoms with Gasteiger partial charge in [0.05, 0.1) is 18.5 Å². The van der Waals surface area contributed by atoms with Gasteiger partial charge in [0.15, 0.2) is 5.82 Å². The molecule has 1 aliphatic carbocycles. The highest BCUT2D eigenvalue weighted by atomic mass is 19.1. The van der Waals surface area contributed by atoms with Gasteiger partial charge in [0, 0.05) is 24.4 Å². The van der Waals surface area contributed by atoms with Gasteiger partial charge >= 0.3 is 0 Å². The van der Waals surface area contributed by atoms with Crippen molar-refractivity contribution in [1.29, 1.82) is 0 Å². The average molecular weight is 498 g/mol. The first-order chi connectivity index (χ1) is 18.1. The van der Waals surface area contributed by atoms with E-state index in [1.54, 1.807) is 47.3 Å². The summed E-state index contributed by atoms with van der Waals surface area (Å²) in [6, 6.07) is 15.7. The number of halogens is 1. The number of ether oxygens (including phenoxy) is 1. The summed E-state index contributed by atoms with van der Waals surface area (Å²) < 4.78 is 23.9. The second kappa shape index (κ2) is 9.45. The third kappa shape index (κ3) is 4.31. The van der Waals surface area contributed by atoms with Gasteiger partial charge in [-0.25, -0.2) is 14.4 Å². The topological polar surface area (TPSA) is 99.2 Å². The van der Waals surface area contributed by atoms with Crippen LogP contribution < -0.4 is 10.1 Å². The highest BCUT2D eigenvalue weighted by Gasteiger charge is 2.37. The smallest absolute Gasteiger partial charge is 0.271 e. The van der Waals surface area contributed by atoms with Crippen LogP contribution in [0.3, 0.4) is 0 Å². The lowest BCUT2D eigenvalue weighted by Crippen LogP contribution is -2.44. The van der Waals surface area contributed by atoms with Crippen LogP contribution in [-0.2, 0) is 0 Å². The lowest BCUT2D eigenvalue weighted by atomic mass is 9.79. The standard InChI is InChI=1S/C27H24FN7O2/c1-2-37-19-10-11-21(29-15-19)26-33-32-25(35(26)23-8-4-3-7-20(23)28)17-13-18(14-17)30-27(36)22-16-34-12-6-5-9-24(34)31-22/h3-12,15-18H,2,13-14H2,1H3,(H,30,36). The summed E-state index contributed by atoms with van der Waals surface area (Å²) in [7, 11) is 0. The van der Waals surface area contributed by atoms with Crippen molar-refractivity contribution >= 4 is 11.6 Å². The molecule has 4 heterocycles. The molecule has 0 atom stereocenters. The maximum Gasteiger partial charge on any atom is 0.271 e. The fourth-order valence-corrected chi connectivity index (χ4v) is 4.61. The number of imidazole rings is 1. The molecule has 1 fully saturated rings. The number of para-hydroxylation sites is 1. The lowest BCUT2D eigenvalue weighted by molar-refractivity contribution is 0.0902. The van der Waals surface area contributed by atoms with E-state index in [2.05, 4.69) is 25.5 Å². The molecule has 0 spiro atoms. The Bertz CT molecular complexity index is 1540. The summed E-state index contributed by atoms with van der Waals surface area (Å²) >= 11 is 0. The van der Waals surface area contributed by atoms with Crippen molar-refractivity contribution in [2.24, 2.45) is 0 Å². The van der Waals surface area contributed by atoms with E-state index in [0.717, 1.165) is 0 Å². The Morgan fingerprint density at radius 1 is 1.11 bits per heavy atom. The monoisotopic (exact) mass is 497 g/mol. The van der Waals surface area contributed by atoms with E-state index in [0.29, 0.717) is 59.6 Å². The number of carbonyl (C=O) groups is 1. The van der Waals surface area contributed by atoms with E-state index in [9.17, 15) is 9.18 Å². The highest BCUT2D eigenvalue weighted by Crippen LogP contribution is 2.39. The molecule has 1 aromatic carbocycles. The number of nitrogens with zero attached hydrogens (tertiary/aromatic N) is 6. The molecule has 6 rings (SSSR count). The third-order valence-electron chi connectivity index (χ3n) is 6.49. The number of amides is 1. The van der Waals surface area contributed by atoms with Gasteiger partial charge in [-0.1, -0.05) is 18.2 Å². The van der Waals surface area contributed by atoms with E-state index in [1.165, 1.54) is 6.07 Å². The van der Waals surface area contributed by atoms with E-state index in [-0.39, 0.29) is 23.7 Å². The maximum atomic E-state index is 14.9. The Balaban J connectivity index is 1.24. The van der Waals surface area contributed by atoms with Gasteiger partial charge in [-0.15, -0.1) is 10.2 Å². The zero-order chi connectivity index (χ0) is 25.4. The van der Waals surface area contributed by atoms with Crippen molar-refractivity contribution in [3.63, 3.8) is 0 Å². The summed E-state index contributed by atoms with van der Waals surface area (Å²) in [5.41, 5.74) is 1.99. The normalized spacial score (nSPS) is 16.9. The number of aromatic nitrogens is 6. The van der Waals surface area contributed by atoms with Gasteiger partial charge in [0.25, 0.3) is 5.91 Å². The van der Waals surface area contributed by atoms with Gasteiger partial charge in [-0.2, -0.15) is 0 Å². The molecule has 1 saturated carbocycles. The largest absolute Gasteiger partial charge is 0.492 e. The van der Waals surface area contributed by atoms with Crippen LogP contribution in [0.15, 0.2) is 73.2 Å². The first kappa shape index (κ1) is 22.8. The van der Waals surface area contributed by atoms with Crippen LogP contribution in [0.2, 0.25) is 0 Å². The highest BCUT2D eigenvalue weighted by molar-refractivity contribution is 5.93. The number of pyridine rings is 2. The van der Waals surface area contributed by atoms with Crippen LogP contribution in [0.1, 0.15) is 42.0 Å². The summed E-state index contributed by atoms with van der Waals surface area (Å²) in [5, 5.41) is 11.9. The van der Waals surface area contributed by atoms with Gasteiger partial charge in [0.2, 0.25) is 0 Å². The molecule has 10 heteroatoms. The van der Waals surface area contributed by atoms with Crippen LogP contribution >= 0.6 is 0 Å². The minimum Gasteiger partial charge on any atom is -0.492 e. The molecule has 9 nitrogen and oxygen atoms in total. The van der Waals surface area contributed by atoms with Gasteiger partial charge in [-0.3, -0.25) is 9.36 Å². The lowest BCUT2D eigenvalue weighted by Gasteiger charge is -2.35. The van der Waals surface area contributed by atoms with Crippen LogP contribution in [0.5, 0.6) is 5.75 Å². The molecular formula is C27H24FN7O2. The fourth-order valence-electron chi connectivity index (χ4n) is 4.61. The van der Waals surface area contributed by atoms with Crippen LogP contribution in [0.25, 0.3) is 22.9 Å². The Kier molecular flexibility index (Phi) is 5.84. The minimum atomic E-state index is -0.383. The zero-order valence-corrected chi connectivity index (χ0v) is 20.1. The van der Waals surface area contributed by atoms with Crippen molar-refractivity contribution in [2.45, 2.75) is 31.7 Å². The van der Waals surface area contributed by atoms with E-state index in [1.807, 2.05) is 35.7 Å². The summed E-state index contributed by atoms with van der Waals surface area (Å²) in [4.78, 5) is 21.6. The Hall–Kier alpha value is -4.60. The Labute approximate surface area is 212 Å². The number of rotatable bonds is 7. The second-order valence-corrected chi connectivity index (χ2v) is 8.91. The number of carbonyl (C=O) groups excluding carboxylic acids is 1. The number of fused-ring (bicyclic) bond motifs is 1. The average Bonchev–Trinajstić information content (AvgIpc) is 3.52. The first-order valence-electron chi connectivity index (χ1n) is 12.1. The van der Waals surface area contributed by atoms with Crippen molar-refractivity contribution in [2.75, 3.05) is 6.61 Å². The predicted molar refractivity (Wildman–Crippen MR) is 134 cm³/mol. The second-order valence-electron chi connectivity index (χ2n) is 8.91. The van der Waals surface area contributed by atoms with Crippen molar-refractivity contribution in [3.05, 3.63) is 90.5 Å². The molecule has 1 N–H and O–H groups in total. The van der Waals surface area contributed by atoms with Crippen molar-refractivity contribution in [1.82, 2.24) is 34.4 Å². The third-order valence-corrected chi connectivity index (χ3v) is 6.49. The van der Waals surface area contributed by atoms with Crippen LogP contribution in [0, 0.1) is 5.82 Å². The zero-order valence-electron chi connectivity index (χ0n) is 20.1. The molecule has 0 radical (unpaired) electrons. The quantitative estimate of drug-likeness (QED) is 0.362. The number of nitrogens with one attached hydrogen (secondary N) is 1. The molecule has 1 amide bonds. The molecule has 0 aliphatic heterocycles. The molecular weight excluding hydrogens is 473 g/mol. The maximum absolute atomic E-state index is 14.9. The van der Waals surface area contributed by atoms with E-state index < -0.39 is 0 Å². The fraction of sp³-hybridized carbons (Fsp3) is 0.222. The predicted octanol–water partition coefficient (Wildman–Crippen LogP) is 4.19. The molecule has 4 aromatic heterocycles. The molecule has 37 heavy (non-hydrogen) atoms.